The van der Waals surface area contributed by atoms with E-state index in [9.17, 15) is 4.79 Å². The van der Waals surface area contributed by atoms with Crippen molar-refractivity contribution in [1.82, 2.24) is 20.4 Å². The molecule has 160 valence electrons. The van der Waals surface area contributed by atoms with Crippen LogP contribution in [-0.2, 0) is 11.3 Å². The van der Waals surface area contributed by atoms with E-state index in [0.717, 1.165) is 57.7 Å². The van der Waals surface area contributed by atoms with E-state index in [-0.39, 0.29) is 17.9 Å². The zero-order valence-corrected chi connectivity index (χ0v) is 17.7. The third-order valence-corrected chi connectivity index (χ3v) is 6.13. The van der Waals surface area contributed by atoms with Crippen molar-refractivity contribution in [3.05, 3.63) is 48.0 Å². The van der Waals surface area contributed by atoms with Crippen LogP contribution in [0.5, 0.6) is 5.88 Å². The molecule has 2 aromatic rings. The number of nitrogens with one attached hydrogen (secondary N) is 1. The number of benzene rings is 1. The number of piperidine rings is 2. The second-order valence-electron chi connectivity index (χ2n) is 8.26. The first-order valence-corrected chi connectivity index (χ1v) is 10.9. The van der Waals surface area contributed by atoms with Crippen molar-refractivity contribution < 1.29 is 9.53 Å². The summed E-state index contributed by atoms with van der Waals surface area (Å²) in [5, 5.41) is 11.6. The lowest BCUT2D eigenvalue weighted by Crippen LogP contribution is -2.49. The third kappa shape index (κ3) is 5.27. The van der Waals surface area contributed by atoms with Gasteiger partial charge in [0.25, 0.3) is 0 Å². The van der Waals surface area contributed by atoms with Crippen molar-refractivity contribution in [3.8, 4) is 5.88 Å². The summed E-state index contributed by atoms with van der Waals surface area (Å²) in [5.74, 6) is 1.50. The number of anilines is 1. The SMILES string of the molecule is COc1ccc(N2CCC[C@@H](C(=O)NC3CCN(Cc4ccccc4)CC3)C2)nn1. The van der Waals surface area contributed by atoms with Gasteiger partial charge in [-0.3, -0.25) is 9.69 Å². The molecule has 1 amide bonds. The van der Waals surface area contributed by atoms with Crippen LogP contribution in [0, 0.1) is 5.92 Å². The van der Waals surface area contributed by atoms with Gasteiger partial charge in [0.2, 0.25) is 11.8 Å². The fourth-order valence-electron chi connectivity index (χ4n) is 4.39. The Bertz CT molecular complexity index is 806. The minimum absolute atomic E-state index is 0.00463. The summed E-state index contributed by atoms with van der Waals surface area (Å²) in [7, 11) is 1.58. The van der Waals surface area contributed by atoms with Gasteiger partial charge in [-0.25, -0.2) is 0 Å². The topological polar surface area (TPSA) is 70.6 Å². The highest BCUT2D eigenvalue weighted by Gasteiger charge is 2.29. The van der Waals surface area contributed by atoms with Crippen molar-refractivity contribution in [2.75, 3.05) is 38.2 Å². The van der Waals surface area contributed by atoms with Crippen molar-refractivity contribution >= 4 is 11.7 Å². The van der Waals surface area contributed by atoms with Crippen LogP contribution in [-0.4, -0.2) is 60.3 Å². The normalized spacial score (nSPS) is 20.7. The minimum atomic E-state index is 0.00463. The Morgan fingerprint density at radius 2 is 1.87 bits per heavy atom. The quantitative estimate of drug-likeness (QED) is 0.790. The Morgan fingerprint density at radius 1 is 1.07 bits per heavy atom. The predicted octanol–water partition coefficient (Wildman–Crippen LogP) is 2.48. The van der Waals surface area contributed by atoms with Crippen molar-refractivity contribution in [2.45, 2.75) is 38.3 Å². The molecule has 0 spiro atoms. The number of methoxy groups -OCH3 is 1. The maximum absolute atomic E-state index is 12.9. The number of ether oxygens (including phenoxy) is 1. The van der Waals surface area contributed by atoms with Gasteiger partial charge in [0.1, 0.15) is 0 Å². The summed E-state index contributed by atoms with van der Waals surface area (Å²) in [5.41, 5.74) is 1.35. The average molecular weight is 410 g/mol. The van der Waals surface area contributed by atoms with E-state index in [2.05, 4.69) is 55.6 Å². The Kier molecular flexibility index (Phi) is 6.79. The third-order valence-electron chi connectivity index (χ3n) is 6.13. The van der Waals surface area contributed by atoms with Crippen LogP contribution in [0.25, 0.3) is 0 Å². The molecule has 1 atom stereocenters. The van der Waals surface area contributed by atoms with E-state index >= 15 is 0 Å². The maximum atomic E-state index is 12.9. The summed E-state index contributed by atoms with van der Waals surface area (Å²) in [6.07, 6.45) is 3.94. The van der Waals surface area contributed by atoms with Crippen LogP contribution >= 0.6 is 0 Å². The van der Waals surface area contributed by atoms with Crippen LogP contribution < -0.4 is 15.0 Å². The van der Waals surface area contributed by atoms with Gasteiger partial charge in [0.05, 0.1) is 13.0 Å². The molecule has 7 heteroatoms. The van der Waals surface area contributed by atoms with E-state index in [4.69, 9.17) is 4.74 Å². The molecule has 2 fully saturated rings. The fourth-order valence-corrected chi connectivity index (χ4v) is 4.39. The number of likely N-dealkylation sites (tertiary alicyclic amines) is 1. The molecule has 1 N–H and O–H groups in total. The lowest BCUT2D eigenvalue weighted by molar-refractivity contribution is -0.126. The van der Waals surface area contributed by atoms with Crippen molar-refractivity contribution in [1.29, 1.82) is 0 Å². The number of aromatic nitrogens is 2. The summed E-state index contributed by atoms with van der Waals surface area (Å²) in [4.78, 5) is 17.5. The molecule has 1 aromatic carbocycles. The van der Waals surface area contributed by atoms with E-state index < -0.39 is 0 Å². The molecule has 3 heterocycles. The lowest BCUT2D eigenvalue weighted by Gasteiger charge is -2.35. The monoisotopic (exact) mass is 409 g/mol. The first kappa shape index (κ1) is 20.6. The van der Waals surface area contributed by atoms with Gasteiger partial charge in [0.15, 0.2) is 5.82 Å². The van der Waals surface area contributed by atoms with Gasteiger partial charge in [-0.2, -0.15) is 0 Å². The molecule has 0 saturated carbocycles. The largest absolute Gasteiger partial charge is 0.480 e. The summed E-state index contributed by atoms with van der Waals surface area (Å²) < 4.78 is 5.08. The van der Waals surface area contributed by atoms with Crippen LogP contribution in [0.1, 0.15) is 31.2 Å². The summed E-state index contributed by atoms with van der Waals surface area (Å²) in [6, 6.07) is 14.6. The molecule has 0 unspecified atom stereocenters. The average Bonchev–Trinajstić information content (AvgIpc) is 2.81. The van der Waals surface area contributed by atoms with Crippen LogP contribution in [0.3, 0.4) is 0 Å². The molecular weight excluding hydrogens is 378 g/mol. The molecule has 2 saturated heterocycles. The molecule has 30 heavy (non-hydrogen) atoms. The Morgan fingerprint density at radius 3 is 2.57 bits per heavy atom. The minimum Gasteiger partial charge on any atom is -0.480 e. The molecule has 7 nitrogen and oxygen atoms in total. The second-order valence-corrected chi connectivity index (χ2v) is 8.26. The number of carbonyl (C=O) groups is 1. The van der Waals surface area contributed by atoms with Gasteiger partial charge >= 0.3 is 0 Å². The van der Waals surface area contributed by atoms with Crippen LogP contribution in [0.4, 0.5) is 5.82 Å². The fraction of sp³-hybridized carbons (Fsp3) is 0.522. The van der Waals surface area contributed by atoms with E-state index in [1.807, 2.05) is 12.1 Å². The van der Waals surface area contributed by atoms with E-state index in [1.165, 1.54) is 5.56 Å². The zero-order chi connectivity index (χ0) is 20.8. The van der Waals surface area contributed by atoms with E-state index in [0.29, 0.717) is 12.4 Å². The number of hydrogen-bond donors (Lipinski definition) is 1. The molecule has 4 rings (SSSR count). The highest BCUT2D eigenvalue weighted by Crippen LogP contribution is 2.23. The van der Waals surface area contributed by atoms with Gasteiger partial charge in [-0.05, 0) is 37.3 Å². The highest BCUT2D eigenvalue weighted by atomic mass is 16.5. The number of carbonyl (C=O) groups excluding carboxylic acids is 1. The van der Waals surface area contributed by atoms with Gasteiger partial charge < -0.3 is 15.0 Å². The maximum Gasteiger partial charge on any atom is 0.233 e. The highest BCUT2D eigenvalue weighted by molar-refractivity contribution is 5.79. The summed E-state index contributed by atoms with van der Waals surface area (Å²) in [6.45, 7) is 4.64. The molecular formula is C23H31N5O2. The Balaban J connectivity index is 1.24. The van der Waals surface area contributed by atoms with Gasteiger partial charge in [-0.15, -0.1) is 10.2 Å². The molecule has 2 aliphatic rings. The standard InChI is InChI=1S/C23H31N5O2/c1-30-22-10-9-21(25-26-22)28-13-5-8-19(17-28)23(29)24-20-11-14-27(15-12-20)16-18-6-3-2-4-7-18/h2-4,6-7,9-10,19-20H,5,8,11-17H2,1H3,(H,24,29)/t19-/m1/s1. The van der Waals surface area contributed by atoms with E-state index in [1.54, 1.807) is 7.11 Å². The number of amides is 1. The Hall–Kier alpha value is -2.67. The van der Waals surface area contributed by atoms with Crippen molar-refractivity contribution in [3.63, 3.8) is 0 Å². The molecule has 1 aromatic heterocycles. The van der Waals surface area contributed by atoms with Crippen molar-refractivity contribution in [2.24, 2.45) is 5.92 Å². The first-order chi connectivity index (χ1) is 14.7. The second kappa shape index (κ2) is 9.89. The number of nitrogens with zero attached hydrogens (tertiary/aromatic N) is 4. The zero-order valence-electron chi connectivity index (χ0n) is 17.7. The van der Waals surface area contributed by atoms with Gasteiger partial charge in [0, 0.05) is 44.8 Å². The number of hydrogen-bond acceptors (Lipinski definition) is 6. The van der Waals surface area contributed by atoms with Crippen LogP contribution in [0.15, 0.2) is 42.5 Å². The molecule has 0 aliphatic carbocycles. The Labute approximate surface area is 178 Å². The summed E-state index contributed by atoms with van der Waals surface area (Å²) >= 11 is 0. The predicted molar refractivity (Wildman–Crippen MR) is 116 cm³/mol. The lowest BCUT2D eigenvalue weighted by atomic mass is 9.95. The molecule has 0 radical (unpaired) electrons. The number of rotatable bonds is 6. The van der Waals surface area contributed by atoms with Crippen LogP contribution in [0.2, 0.25) is 0 Å². The molecule has 0 bridgehead atoms. The smallest absolute Gasteiger partial charge is 0.233 e. The molecule has 2 aliphatic heterocycles. The first-order valence-electron chi connectivity index (χ1n) is 10.9. The van der Waals surface area contributed by atoms with Gasteiger partial charge in [-0.1, -0.05) is 30.3 Å².